The van der Waals surface area contributed by atoms with Crippen LogP contribution in [0.1, 0.15) is 6.92 Å². The van der Waals surface area contributed by atoms with Crippen LogP contribution in [0.25, 0.3) is 0 Å². The van der Waals surface area contributed by atoms with E-state index in [-0.39, 0.29) is 34.8 Å². The molecule has 0 bridgehead atoms. The summed E-state index contributed by atoms with van der Waals surface area (Å²) in [5.41, 5.74) is 5.33. The van der Waals surface area contributed by atoms with E-state index < -0.39 is 19.9 Å². The molecule has 0 unspecified atom stereocenters. The smallest absolute Gasteiger partial charge is 0.240 e. The first-order chi connectivity index (χ1) is 8.16. The minimum Gasteiger partial charge on any atom is -0.329 e. The van der Waals surface area contributed by atoms with Gasteiger partial charge in [-0.15, -0.1) is 12.4 Å². The second kappa shape index (κ2) is 6.67. The number of hydrogen-bond donors (Lipinski definition) is 2. The Morgan fingerprint density at radius 1 is 1.11 bits per heavy atom. The number of rotatable bonds is 5. The van der Waals surface area contributed by atoms with Crippen LogP contribution in [0, 0.1) is 0 Å². The average Bonchev–Trinajstić information content (AvgIpc) is 2.27. The van der Waals surface area contributed by atoms with Gasteiger partial charge in [0.1, 0.15) is 0 Å². The quantitative estimate of drug-likeness (QED) is 0.799. The molecule has 0 radical (unpaired) electrons. The molecular weight excluding hydrogens is 312 g/mol. The molecule has 1 rings (SSSR count). The summed E-state index contributed by atoms with van der Waals surface area (Å²) in [5, 5.41) is 0. The van der Waals surface area contributed by atoms with Crippen molar-refractivity contribution in [1.29, 1.82) is 0 Å². The van der Waals surface area contributed by atoms with Crippen LogP contribution in [-0.4, -0.2) is 35.7 Å². The fourth-order valence-corrected chi connectivity index (χ4v) is 3.13. The molecule has 1 aromatic carbocycles. The molecule has 110 valence electrons. The number of halogens is 1. The highest BCUT2D eigenvalue weighted by Gasteiger charge is 2.17. The zero-order valence-corrected chi connectivity index (χ0v) is 13.0. The highest BCUT2D eigenvalue weighted by atomic mass is 35.5. The van der Waals surface area contributed by atoms with Gasteiger partial charge in [-0.3, -0.25) is 0 Å². The lowest BCUT2D eigenvalue weighted by atomic mass is 10.4. The van der Waals surface area contributed by atoms with Gasteiger partial charge in [0.25, 0.3) is 0 Å². The van der Waals surface area contributed by atoms with Gasteiger partial charge in [0.15, 0.2) is 9.84 Å². The lowest BCUT2D eigenvalue weighted by Crippen LogP contribution is -2.37. The average molecular weight is 329 g/mol. The molecule has 1 atom stereocenters. The lowest BCUT2D eigenvalue weighted by molar-refractivity contribution is 0.562. The first-order valence-corrected chi connectivity index (χ1v) is 8.57. The van der Waals surface area contributed by atoms with Gasteiger partial charge < -0.3 is 5.73 Å². The number of sulfonamides is 1. The van der Waals surface area contributed by atoms with Crippen molar-refractivity contribution < 1.29 is 16.8 Å². The van der Waals surface area contributed by atoms with Crippen LogP contribution in [-0.2, 0) is 19.9 Å². The van der Waals surface area contributed by atoms with Gasteiger partial charge in [-0.05, 0) is 31.2 Å². The Balaban J connectivity index is 0.00000324. The van der Waals surface area contributed by atoms with Crippen molar-refractivity contribution in [2.75, 3.05) is 12.8 Å². The van der Waals surface area contributed by atoms with Gasteiger partial charge >= 0.3 is 0 Å². The number of hydrogen-bond acceptors (Lipinski definition) is 5. The van der Waals surface area contributed by atoms with Crippen molar-refractivity contribution >= 4 is 32.3 Å². The van der Waals surface area contributed by atoms with Crippen LogP contribution in [0.2, 0.25) is 0 Å². The lowest BCUT2D eigenvalue weighted by Gasteiger charge is -2.12. The third kappa shape index (κ3) is 5.07. The summed E-state index contributed by atoms with van der Waals surface area (Å²) >= 11 is 0. The first kappa shape index (κ1) is 18.3. The molecule has 0 fully saturated rings. The molecule has 0 saturated heterocycles. The zero-order chi connectivity index (χ0) is 14.0. The summed E-state index contributed by atoms with van der Waals surface area (Å²) in [7, 11) is -6.99. The molecule has 1 aromatic rings. The zero-order valence-electron chi connectivity index (χ0n) is 10.5. The molecule has 19 heavy (non-hydrogen) atoms. The Hall–Kier alpha value is -0.670. The van der Waals surface area contributed by atoms with Crippen LogP contribution < -0.4 is 10.5 Å². The summed E-state index contributed by atoms with van der Waals surface area (Å²) in [6.07, 6.45) is 1.06. The van der Waals surface area contributed by atoms with Crippen molar-refractivity contribution in [3.63, 3.8) is 0 Å². The highest BCUT2D eigenvalue weighted by molar-refractivity contribution is 7.90. The van der Waals surface area contributed by atoms with Crippen molar-refractivity contribution in [2.24, 2.45) is 5.73 Å². The molecule has 0 amide bonds. The van der Waals surface area contributed by atoms with Crippen LogP contribution in [0.5, 0.6) is 0 Å². The molecular formula is C10H17ClN2O4S2. The Labute approximate surface area is 119 Å². The topological polar surface area (TPSA) is 106 Å². The Bertz CT molecular complexity index is 611. The van der Waals surface area contributed by atoms with Crippen LogP contribution in [0.3, 0.4) is 0 Å². The first-order valence-electron chi connectivity index (χ1n) is 5.19. The highest BCUT2D eigenvalue weighted by Crippen LogP contribution is 2.14. The number of sulfone groups is 1. The largest absolute Gasteiger partial charge is 0.329 e. The van der Waals surface area contributed by atoms with Crippen molar-refractivity contribution in [2.45, 2.75) is 22.8 Å². The fourth-order valence-electron chi connectivity index (χ4n) is 1.25. The third-order valence-corrected chi connectivity index (χ3v) is 5.01. The van der Waals surface area contributed by atoms with E-state index in [0.717, 1.165) is 6.26 Å². The van der Waals surface area contributed by atoms with Crippen LogP contribution in [0.4, 0.5) is 0 Å². The van der Waals surface area contributed by atoms with Crippen molar-refractivity contribution in [1.82, 2.24) is 4.72 Å². The maximum Gasteiger partial charge on any atom is 0.240 e. The van der Waals surface area contributed by atoms with Gasteiger partial charge in [0.2, 0.25) is 10.0 Å². The second-order valence-electron chi connectivity index (χ2n) is 4.00. The summed E-state index contributed by atoms with van der Waals surface area (Å²) in [6.45, 7) is 1.82. The summed E-state index contributed by atoms with van der Waals surface area (Å²) < 4.78 is 48.5. The van der Waals surface area contributed by atoms with E-state index in [2.05, 4.69) is 4.72 Å². The van der Waals surface area contributed by atoms with E-state index in [1.807, 2.05) is 0 Å². The van der Waals surface area contributed by atoms with Crippen LogP contribution >= 0.6 is 12.4 Å². The van der Waals surface area contributed by atoms with Gasteiger partial charge in [0, 0.05) is 18.8 Å². The molecule has 6 nitrogen and oxygen atoms in total. The molecule has 0 spiro atoms. The van der Waals surface area contributed by atoms with E-state index >= 15 is 0 Å². The van der Waals surface area contributed by atoms with E-state index in [0.29, 0.717) is 0 Å². The molecule has 3 N–H and O–H groups in total. The number of benzene rings is 1. The molecule has 0 aliphatic heterocycles. The Morgan fingerprint density at radius 2 is 1.53 bits per heavy atom. The molecule has 0 aliphatic rings. The molecule has 0 saturated carbocycles. The van der Waals surface area contributed by atoms with Gasteiger partial charge in [-0.2, -0.15) is 0 Å². The van der Waals surface area contributed by atoms with E-state index in [4.69, 9.17) is 5.73 Å². The summed E-state index contributed by atoms with van der Waals surface area (Å²) in [4.78, 5) is 0.0866. The van der Waals surface area contributed by atoms with Crippen LogP contribution in [0.15, 0.2) is 34.1 Å². The normalized spacial score (nSPS) is 13.6. The SMILES string of the molecule is C[C@H](CN)NS(=O)(=O)c1ccc(S(C)(=O)=O)cc1.Cl. The van der Waals surface area contributed by atoms with Gasteiger partial charge in [-0.1, -0.05) is 0 Å². The molecule has 9 heteroatoms. The standard InChI is InChI=1S/C10H16N2O4S2.ClH/c1-8(7-11)12-18(15,16)10-5-3-9(4-6-10)17(2,13)14;/h3-6,8,12H,7,11H2,1-2H3;1H/t8-;/m1./s1. The monoisotopic (exact) mass is 328 g/mol. The molecule has 0 heterocycles. The molecule has 0 aliphatic carbocycles. The maximum absolute atomic E-state index is 11.8. The molecule has 0 aromatic heterocycles. The fraction of sp³-hybridized carbons (Fsp3) is 0.400. The minimum absolute atomic E-state index is 0. The van der Waals surface area contributed by atoms with Crippen molar-refractivity contribution in [3.8, 4) is 0 Å². The number of nitrogens with one attached hydrogen (secondary N) is 1. The Kier molecular flexibility index (Phi) is 6.43. The predicted octanol–water partition coefficient (Wildman–Crippen LogP) is 0.137. The van der Waals surface area contributed by atoms with E-state index in [1.54, 1.807) is 6.92 Å². The predicted molar refractivity (Wildman–Crippen MR) is 75.6 cm³/mol. The minimum atomic E-state index is -3.66. The van der Waals surface area contributed by atoms with E-state index in [9.17, 15) is 16.8 Å². The summed E-state index contributed by atoms with van der Waals surface area (Å²) in [6, 6.07) is 4.64. The maximum atomic E-state index is 11.8. The van der Waals surface area contributed by atoms with Gasteiger partial charge in [0.05, 0.1) is 9.79 Å². The second-order valence-corrected chi connectivity index (χ2v) is 7.73. The van der Waals surface area contributed by atoms with Gasteiger partial charge in [-0.25, -0.2) is 21.6 Å². The van der Waals surface area contributed by atoms with Crippen molar-refractivity contribution in [3.05, 3.63) is 24.3 Å². The summed E-state index contributed by atoms with van der Waals surface area (Å²) in [5.74, 6) is 0. The van der Waals surface area contributed by atoms with E-state index in [1.165, 1.54) is 24.3 Å². The Morgan fingerprint density at radius 3 is 1.89 bits per heavy atom. The third-order valence-electron chi connectivity index (χ3n) is 2.27. The number of nitrogens with two attached hydrogens (primary N) is 1.